The fraction of sp³-hybridized carbons (Fsp3) is 0.462. The Balaban J connectivity index is 1.69. The number of rotatable bonds is 3. The minimum Gasteiger partial charge on any atom is -0.312 e. The maximum Gasteiger partial charge on any atom is 0.268 e. The topological polar surface area (TPSA) is 56.0 Å². The lowest BCUT2D eigenvalue weighted by Crippen LogP contribution is -2.27. The molecular formula is C13H16BrN5O. The van der Waals surface area contributed by atoms with Gasteiger partial charge in [-0.05, 0) is 22.4 Å². The largest absolute Gasteiger partial charge is 0.312 e. The molecule has 0 radical (unpaired) electrons. The summed E-state index contributed by atoms with van der Waals surface area (Å²) in [6, 6.07) is 0.398. The molecule has 1 aliphatic rings. The van der Waals surface area contributed by atoms with E-state index >= 15 is 0 Å². The number of hydrogen-bond donors (Lipinski definition) is 0. The Bertz CT molecular complexity index is 665. The van der Waals surface area contributed by atoms with Crippen molar-refractivity contribution in [2.45, 2.75) is 19.0 Å². The van der Waals surface area contributed by atoms with E-state index in [2.05, 4.69) is 30.9 Å². The summed E-state index contributed by atoms with van der Waals surface area (Å²) in [5, 5.41) is 4.35. The molecule has 1 unspecified atom stereocenters. The third-order valence-corrected chi connectivity index (χ3v) is 4.16. The minimum absolute atomic E-state index is 0.0609. The van der Waals surface area contributed by atoms with Crippen LogP contribution < -0.4 is 5.56 Å². The van der Waals surface area contributed by atoms with Crippen molar-refractivity contribution >= 4 is 15.9 Å². The van der Waals surface area contributed by atoms with E-state index < -0.39 is 0 Å². The molecule has 0 aliphatic carbocycles. The molecule has 0 aromatic carbocycles. The van der Waals surface area contributed by atoms with Crippen molar-refractivity contribution in [3.05, 3.63) is 45.3 Å². The average molecular weight is 338 g/mol. The van der Waals surface area contributed by atoms with Crippen LogP contribution in [-0.4, -0.2) is 37.3 Å². The highest BCUT2D eigenvalue weighted by atomic mass is 79.9. The van der Waals surface area contributed by atoms with Gasteiger partial charge < -0.3 is 4.57 Å². The van der Waals surface area contributed by atoms with E-state index in [4.69, 9.17) is 0 Å². The van der Waals surface area contributed by atoms with Gasteiger partial charge in [-0.15, -0.1) is 0 Å². The van der Waals surface area contributed by atoms with E-state index in [1.54, 1.807) is 17.8 Å². The van der Waals surface area contributed by atoms with Crippen LogP contribution in [0.3, 0.4) is 0 Å². The van der Waals surface area contributed by atoms with E-state index in [1.807, 2.05) is 17.1 Å². The van der Waals surface area contributed by atoms with Gasteiger partial charge in [0.15, 0.2) is 0 Å². The van der Waals surface area contributed by atoms with Crippen molar-refractivity contribution in [2.24, 2.45) is 7.05 Å². The molecule has 2 aromatic heterocycles. The predicted octanol–water partition coefficient (Wildman–Crippen LogP) is 1.19. The molecule has 6 nitrogen and oxygen atoms in total. The van der Waals surface area contributed by atoms with Crippen molar-refractivity contribution in [1.82, 2.24) is 24.2 Å². The molecule has 0 bridgehead atoms. The van der Waals surface area contributed by atoms with Gasteiger partial charge in [0.2, 0.25) is 0 Å². The Labute approximate surface area is 125 Å². The zero-order valence-corrected chi connectivity index (χ0v) is 12.8. The first-order chi connectivity index (χ1) is 9.63. The molecule has 0 saturated carbocycles. The van der Waals surface area contributed by atoms with Gasteiger partial charge in [-0.1, -0.05) is 0 Å². The average Bonchev–Trinajstić information content (AvgIpc) is 3.04. The lowest BCUT2D eigenvalue weighted by atomic mass is 10.3. The van der Waals surface area contributed by atoms with Gasteiger partial charge in [0.05, 0.1) is 28.6 Å². The maximum atomic E-state index is 11.6. The molecule has 2 aromatic rings. The molecule has 3 heterocycles. The molecule has 1 aliphatic heterocycles. The third kappa shape index (κ3) is 2.69. The van der Waals surface area contributed by atoms with Crippen LogP contribution in [0.4, 0.5) is 0 Å². The molecular weight excluding hydrogens is 322 g/mol. The van der Waals surface area contributed by atoms with Gasteiger partial charge in [0.1, 0.15) is 0 Å². The molecule has 0 N–H and O–H groups in total. The number of hydrogen-bond acceptors (Lipinski definition) is 4. The first-order valence-corrected chi connectivity index (χ1v) is 7.34. The monoisotopic (exact) mass is 337 g/mol. The Hall–Kier alpha value is -1.47. The SMILES string of the molecule is Cn1c(CN2CCC(n3cc(Br)cn3)C2)cncc1=O. The highest BCUT2D eigenvalue weighted by molar-refractivity contribution is 9.10. The van der Waals surface area contributed by atoms with Crippen LogP contribution in [-0.2, 0) is 13.6 Å². The second-order valence-corrected chi connectivity index (χ2v) is 6.03. The van der Waals surface area contributed by atoms with Gasteiger partial charge in [-0.3, -0.25) is 19.4 Å². The van der Waals surface area contributed by atoms with E-state index in [9.17, 15) is 4.79 Å². The summed E-state index contributed by atoms with van der Waals surface area (Å²) in [6.45, 7) is 2.70. The van der Waals surface area contributed by atoms with Crippen molar-refractivity contribution < 1.29 is 0 Å². The number of likely N-dealkylation sites (tertiary alicyclic amines) is 1. The predicted molar refractivity (Wildman–Crippen MR) is 78.3 cm³/mol. The summed E-state index contributed by atoms with van der Waals surface area (Å²) in [5.41, 5.74) is 0.883. The van der Waals surface area contributed by atoms with E-state index in [1.165, 1.54) is 6.20 Å². The molecule has 1 atom stereocenters. The molecule has 7 heteroatoms. The summed E-state index contributed by atoms with van der Waals surface area (Å²) < 4.78 is 4.67. The van der Waals surface area contributed by atoms with Crippen LogP contribution in [0.1, 0.15) is 18.2 Å². The zero-order chi connectivity index (χ0) is 14.1. The Morgan fingerprint density at radius 2 is 2.25 bits per heavy atom. The van der Waals surface area contributed by atoms with Crippen LogP contribution in [0.15, 0.2) is 34.1 Å². The van der Waals surface area contributed by atoms with Crippen LogP contribution >= 0.6 is 15.9 Å². The molecule has 1 saturated heterocycles. The molecule has 1 fully saturated rings. The fourth-order valence-corrected chi connectivity index (χ4v) is 2.87. The van der Waals surface area contributed by atoms with Gasteiger partial charge in [0.25, 0.3) is 5.56 Å². The van der Waals surface area contributed by atoms with E-state index in [0.717, 1.165) is 36.2 Å². The number of aromatic nitrogens is 4. The quantitative estimate of drug-likeness (QED) is 0.844. The van der Waals surface area contributed by atoms with Gasteiger partial charge >= 0.3 is 0 Å². The Morgan fingerprint density at radius 1 is 1.40 bits per heavy atom. The molecule has 106 valence electrons. The normalized spacial score (nSPS) is 19.6. The number of nitrogens with zero attached hydrogens (tertiary/aromatic N) is 5. The first kappa shape index (κ1) is 13.5. The van der Waals surface area contributed by atoms with Crippen LogP contribution in [0.2, 0.25) is 0 Å². The molecule has 0 spiro atoms. The van der Waals surface area contributed by atoms with Crippen LogP contribution in [0, 0.1) is 0 Å². The standard InChI is InChI=1S/C13H16BrN5O/c1-17-12(5-15-6-13(17)20)9-18-3-2-11(8-18)19-7-10(14)4-16-19/h4-7,11H,2-3,8-9H2,1H3. The van der Waals surface area contributed by atoms with Crippen molar-refractivity contribution in [1.29, 1.82) is 0 Å². The molecule has 0 amide bonds. The maximum absolute atomic E-state index is 11.6. The summed E-state index contributed by atoms with van der Waals surface area (Å²) >= 11 is 3.42. The summed E-state index contributed by atoms with van der Waals surface area (Å²) in [5.74, 6) is 0. The van der Waals surface area contributed by atoms with Crippen LogP contribution in [0.25, 0.3) is 0 Å². The van der Waals surface area contributed by atoms with E-state index in [-0.39, 0.29) is 5.56 Å². The lowest BCUT2D eigenvalue weighted by molar-refractivity contribution is 0.303. The smallest absolute Gasteiger partial charge is 0.268 e. The summed E-state index contributed by atoms with van der Waals surface area (Å²) in [6.07, 6.45) is 8.00. The first-order valence-electron chi connectivity index (χ1n) is 6.55. The van der Waals surface area contributed by atoms with Crippen molar-refractivity contribution in [3.63, 3.8) is 0 Å². The van der Waals surface area contributed by atoms with Gasteiger partial charge in [-0.2, -0.15) is 5.10 Å². The van der Waals surface area contributed by atoms with E-state index in [0.29, 0.717) is 6.04 Å². The third-order valence-electron chi connectivity index (χ3n) is 3.75. The lowest BCUT2D eigenvalue weighted by Gasteiger charge is -2.17. The summed E-state index contributed by atoms with van der Waals surface area (Å²) in [4.78, 5) is 17.9. The van der Waals surface area contributed by atoms with Crippen molar-refractivity contribution in [3.8, 4) is 0 Å². The Kier molecular flexibility index (Phi) is 3.71. The fourth-order valence-electron chi connectivity index (χ4n) is 2.56. The van der Waals surface area contributed by atoms with Gasteiger partial charge in [-0.25, -0.2) is 0 Å². The highest BCUT2D eigenvalue weighted by Crippen LogP contribution is 2.23. The second kappa shape index (κ2) is 5.49. The van der Waals surface area contributed by atoms with Crippen LogP contribution in [0.5, 0.6) is 0 Å². The molecule has 3 rings (SSSR count). The zero-order valence-electron chi connectivity index (χ0n) is 11.2. The highest BCUT2D eigenvalue weighted by Gasteiger charge is 2.24. The summed E-state index contributed by atoms with van der Waals surface area (Å²) in [7, 11) is 1.79. The molecule has 20 heavy (non-hydrogen) atoms. The number of halogens is 1. The minimum atomic E-state index is -0.0609. The Morgan fingerprint density at radius 3 is 3.00 bits per heavy atom. The van der Waals surface area contributed by atoms with Gasteiger partial charge in [0, 0.05) is 39.1 Å². The van der Waals surface area contributed by atoms with Crippen molar-refractivity contribution in [2.75, 3.05) is 13.1 Å². The second-order valence-electron chi connectivity index (χ2n) is 5.11.